The van der Waals surface area contributed by atoms with Crippen molar-refractivity contribution in [1.82, 2.24) is 0 Å². The number of nitrogens with zero attached hydrogens (tertiary/aromatic N) is 1. The Hall–Kier alpha value is 0.479. The summed E-state index contributed by atoms with van der Waals surface area (Å²) in [7, 11) is 0. The fourth-order valence-electron chi connectivity index (χ4n) is 0.0676. The predicted octanol–water partition coefficient (Wildman–Crippen LogP) is -1.58. The van der Waals surface area contributed by atoms with E-state index in [1.807, 2.05) is 0 Å². The van der Waals surface area contributed by atoms with Crippen LogP contribution in [0.1, 0.15) is 6.42 Å². The molecule has 0 amide bonds. The van der Waals surface area contributed by atoms with E-state index in [4.69, 9.17) is 10.4 Å². The zero-order valence-electron chi connectivity index (χ0n) is 3.51. The molecule has 0 heterocycles. The Morgan fingerprint density at radius 2 is 2.12 bits per heavy atom. The molecule has 0 aliphatic carbocycles. The minimum absolute atomic E-state index is 0. The second kappa shape index (κ2) is 10.5. The van der Waals surface area contributed by atoms with Crippen LogP contribution in [0.15, 0.2) is 0 Å². The van der Waals surface area contributed by atoms with E-state index in [-0.39, 0.29) is 46.6 Å². The first-order chi connectivity index (χ1) is 2.77. The van der Waals surface area contributed by atoms with Gasteiger partial charge in [0.2, 0.25) is 0 Å². The van der Waals surface area contributed by atoms with E-state index in [0.717, 1.165) is 0 Å². The summed E-state index contributed by atoms with van der Waals surface area (Å²) in [5.74, 6) is -1.07. The first-order valence-corrected chi connectivity index (χ1v) is 1.36. The Bertz CT molecular complexity index is 99.9. The van der Waals surface area contributed by atoms with Gasteiger partial charge in [0.1, 0.15) is 6.42 Å². The van der Waals surface area contributed by atoms with Crippen LogP contribution in [0.5, 0.6) is 0 Å². The molecule has 0 fully saturated rings. The summed E-state index contributed by atoms with van der Waals surface area (Å²) in [5.41, 5.74) is 0. The molecule has 0 aliphatic heterocycles. The van der Waals surface area contributed by atoms with Crippen molar-refractivity contribution in [3.05, 3.63) is 0 Å². The first kappa shape index (κ1) is 15.8. The van der Waals surface area contributed by atoms with Gasteiger partial charge in [0.05, 0.1) is 6.07 Å². The average molecular weight is 190 g/mol. The second-order valence-electron chi connectivity index (χ2n) is 0.729. The molecular weight excluding hydrogens is 184 g/mol. The second-order valence-corrected chi connectivity index (χ2v) is 0.729. The third-order valence-corrected chi connectivity index (χ3v) is 0.230. The summed E-state index contributed by atoms with van der Waals surface area (Å²) in [6.07, 6.45) is -0.403. The van der Waals surface area contributed by atoms with Crippen LogP contribution in [0, 0.1) is 11.3 Å². The minimum atomic E-state index is -1.07. The fourth-order valence-corrected chi connectivity index (χ4v) is 0.0676. The van der Waals surface area contributed by atoms with Crippen molar-refractivity contribution >= 4 is 52.6 Å². The number of hydrogen-bond donors (Lipinski definition) is 1. The van der Waals surface area contributed by atoms with E-state index in [1.165, 1.54) is 6.07 Å². The number of carboxylic acids is 1. The molecule has 0 aromatic carbocycles. The first-order valence-electron chi connectivity index (χ1n) is 1.36. The topological polar surface area (TPSA) is 61.1 Å². The molecule has 0 unspecified atom stereocenters. The Kier molecular flexibility index (Phi) is 20.7. The summed E-state index contributed by atoms with van der Waals surface area (Å²) in [6.45, 7) is 0. The Labute approximate surface area is 79.8 Å². The van der Waals surface area contributed by atoms with Gasteiger partial charge in [-0.25, -0.2) is 0 Å². The van der Waals surface area contributed by atoms with Gasteiger partial charge in [0.15, 0.2) is 0 Å². The third-order valence-electron chi connectivity index (χ3n) is 0.230. The molecular formula is C3H6NNaO2Se. The van der Waals surface area contributed by atoms with Gasteiger partial charge in [0.25, 0.3) is 0 Å². The van der Waals surface area contributed by atoms with Crippen LogP contribution < -0.4 is 0 Å². The average Bonchev–Trinajstić information content (AvgIpc) is 1.35. The Balaban J connectivity index is -0.000000125. The fraction of sp³-hybridized carbons (Fsp3) is 0.333. The van der Waals surface area contributed by atoms with Crippen LogP contribution in [0.3, 0.4) is 0 Å². The molecule has 0 spiro atoms. The molecule has 0 atom stereocenters. The Morgan fingerprint density at radius 1 is 1.75 bits per heavy atom. The molecule has 5 heteroatoms. The summed E-state index contributed by atoms with van der Waals surface area (Å²) < 4.78 is 0. The molecule has 0 rings (SSSR count). The van der Waals surface area contributed by atoms with Gasteiger partial charge in [-0.05, 0) is 0 Å². The van der Waals surface area contributed by atoms with Crippen LogP contribution in [0.25, 0.3) is 0 Å². The Morgan fingerprint density at radius 3 is 2.12 bits per heavy atom. The number of rotatable bonds is 1. The molecule has 8 heavy (non-hydrogen) atoms. The number of hydrogen-bond acceptors (Lipinski definition) is 2. The van der Waals surface area contributed by atoms with Crippen molar-refractivity contribution in [2.24, 2.45) is 0 Å². The predicted molar refractivity (Wildman–Crippen MR) is 33.6 cm³/mol. The molecule has 0 aromatic heterocycles. The molecule has 0 aromatic rings. The van der Waals surface area contributed by atoms with Crippen LogP contribution in [-0.2, 0) is 4.79 Å². The molecule has 0 saturated carbocycles. The van der Waals surface area contributed by atoms with Crippen molar-refractivity contribution in [2.45, 2.75) is 6.42 Å². The molecule has 0 radical (unpaired) electrons. The summed E-state index contributed by atoms with van der Waals surface area (Å²) in [6, 6.07) is 1.47. The van der Waals surface area contributed by atoms with Crippen LogP contribution in [0.4, 0.5) is 0 Å². The third kappa shape index (κ3) is 16.1. The summed E-state index contributed by atoms with van der Waals surface area (Å²) in [4.78, 5) is 9.38. The van der Waals surface area contributed by atoms with Crippen molar-refractivity contribution in [3.8, 4) is 6.07 Å². The maximum absolute atomic E-state index is 9.38. The number of aliphatic carboxylic acids is 1. The van der Waals surface area contributed by atoms with Gasteiger partial charge in [0, 0.05) is 0 Å². The van der Waals surface area contributed by atoms with Crippen molar-refractivity contribution in [1.29, 1.82) is 5.26 Å². The molecule has 0 aliphatic rings. The van der Waals surface area contributed by atoms with Gasteiger partial charge in [-0.1, -0.05) is 0 Å². The van der Waals surface area contributed by atoms with Crippen LogP contribution >= 0.6 is 0 Å². The van der Waals surface area contributed by atoms with E-state index in [0.29, 0.717) is 0 Å². The molecule has 3 nitrogen and oxygen atoms in total. The van der Waals surface area contributed by atoms with E-state index < -0.39 is 12.4 Å². The van der Waals surface area contributed by atoms with Gasteiger partial charge < -0.3 is 5.11 Å². The monoisotopic (exact) mass is 191 g/mol. The maximum atomic E-state index is 9.38. The van der Waals surface area contributed by atoms with Crippen molar-refractivity contribution in [2.75, 3.05) is 0 Å². The summed E-state index contributed by atoms with van der Waals surface area (Å²) >= 11 is 0. The molecule has 0 saturated heterocycles. The summed E-state index contributed by atoms with van der Waals surface area (Å²) in [5, 5.41) is 15.3. The number of carboxylic acid groups (broad SMARTS) is 1. The normalized spacial score (nSPS) is 4.88. The van der Waals surface area contributed by atoms with Crippen molar-refractivity contribution < 1.29 is 9.90 Å². The van der Waals surface area contributed by atoms with E-state index in [2.05, 4.69) is 0 Å². The van der Waals surface area contributed by atoms with Gasteiger partial charge in [-0.3, -0.25) is 4.79 Å². The van der Waals surface area contributed by atoms with Gasteiger partial charge in [-0.15, -0.1) is 0 Å². The molecule has 0 bridgehead atoms. The van der Waals surface area contributed by atoms with Gasteiger partial charge in [-0.2, -0.15) is 5.26 Å². The van der Waals surface area contributed by atoms with E-state index in [9.17, 15) is 4.79 Å². The van der Waals surface area contributed by atoms with Crippen LogP contribution in [-0.4, -0.2) is 57.7 Å². The van der Waals surface area contributed by atoms with E-state index in [1.54, 1.807) is 0 Å². The van der Waals surface area contributed by atoms with Gasteiger partial charge >= 0.3 is 52.6 Å². The zero-order valence-corrected chi connectivity index (χ0v) is 5.61. The standard InChI is InChI=1S/C3H3NO2.Na.H2Se.H/c4-2-1-3(5)6;;;/h1H2,(H,5,6);;1H2;. The van der Waals surface area contributed by atoms with E-state index >= 15 is 0 Å². The molecule has 1 N–H and O–H groups in total. The number of carbonyl (C=O) groups is 1. The number of nitriles is 1. The zero-order chi connectivity index (χ0) is 4.99. The SMILES string of the molecule is N#CCC(=O)O.[NaH].[SeH2]. The van der Waals surface area contributed by atoms with Crippen LogP contribution in [0.2, 0.25) is 0 Å². The molecule has 42 valence electrons. The quantitative estimate of drug-likeness (QED) is 0.507. The van der Waals surface area contributed by atoms with Crippen molar-refractivity contribution in [3.63, 3.8) is 0 Å².